The van der Waals surface area contributed by atoms with Crippen LogP contribution in [-0.4, -0.2) is 18.3 Å². The summed E-state index contributed by atoms with van der Waals surface area (Å²) in [7, 11) is 0. The summed E-state index contributed by atoms with van der Waals surface area (Å²) in [5.41, 5.74) is 3.20. The minimum Gasteiger partial charge on any atom is -0.485 e. The molecule has 1 N–H and O–H groups in total. The predicted molar refractivity (Wildman–Crippen MR) is 155 cm³/mol. The summed E-state index contributed by atoms with van der Waals surface area (Å²) in [6.45, 7) is 5.67. The van der Waals surface area contributed by atoms with Crippen LogP contribution in [-0.2, 0) is 22.6 Å². The topological polar surface area (TPSA) is 39.7 Å². The van der Waals surface area contributed by atoms with Crippen molar-refractivity contribution in [3.8, 4) is 5.75 Å². The predicted octanol–water partition coefficient (Wildman–Crippen LogP) is 8.88. The summed E-state index contributed by atoms with van der Waals surface area (Å²) in [6.07, 6.45) is 6.93. The van der Waals surface area contributed by atoms with Gasteiger partial charge in [0.1, 0.15) is 29.4 Å². The van der Waals surface area contributed by atoms with Crippen molar-refractivity contribution in [1.29, 1.82) is 0 Å². The molecule has 1 saturated carbocycles. The SMILES string of the molecule is CC1(C)Oc2ccc(NCc3cccc(Cl)c3)cc2C(OCCC2CCCCC2)C1OCc1cccc(F)c1. The van der Waals surface area contributed by atoms with Crippen LogP contribution in [0.5, 0.6) is 5.75 Å². The smallest absolute Gasteiger partial charge is 0.132 e. The second-order valence-corrected chi connectivity index (χ2v) is 11.8. The lowest BCUT2D eigenvalue weighted by molar-refractivity contribution is -0.168. The third-order valence-corrected chi connectivity index (χ3v) is 8.14. The number of ether oxygens (including phenoxy) is 3. The zero-order valence-corrected chi connectivity index (χ0v) is 23.7. The third-order valence-electron chi connectivity index (χ3n) is 7.90. The van der Waals surface area contributed by atoms with E-state index in [1.807, 2.05) is 50.2 Å². The van der Waals surface area contributed by atoms with Gasteiger partial charge in [-0.3, -0.25) is 0 Å². The van der Waals surface area contributed by atoms with E-state index < -0.39 is 5.60 Å². The fourth-order valence-electron chi connectivity index (χ4n) is 5.81. The van der Waals surface area contributed by atoms with Crippen molar-refractivity contribution in [3.63, 3.8) is 0 Å². The van der Waals surface area contributed by atoms with E-state index in [0.717, 1.165) is 45.5 Å². The molecule has 0 saturated heterocycles. The lowest BCUT2D eigenvalue weighted by Crippen LogP contribution is -2.51. The summed E-state index contributed by atoms with van der Waals surface area (Å²) in [6, 6.07) is 20.6. The highest BCUT2D eigenvalue weighted by atomic mass is 35.5. The standard InChI is InChI=1S/C33H39ClFNO3/c1-33(2)32(38-22-25-11-7-13-27(35)19-25)31(37-17-16-23-8-4-3-5-9-23)29-20-28(14-15-30(29)39-33)36-21-24-10-6-12-26(34)18-24/h6-7,10-15,18-20,23,31-32,36H,3-5,8-9,16-17,21-22H2,1-2H3. The van der Waals surface area contributed by atoms with Crippen molar-refractivity contribution in [3.05, 3.63) is 94.3 Å². The van der Waals surface area contributed by atoms with Gasteiger partial charge in [-0.25, -0.2) is 4.39 Å². The van der Waals surface area contributed by atoms with Crippen LogP contribution in [0.3, 0.4) is 0 Å². The second kappa shape index (κ2) is 12.7. The summed E-state index contributed by atoms with van der Waals surface area (Å²) in [5, 5.41) is 4.24. The van der Waals surface area contributed by atoms with Gasteiger partial charge in [-0.2, -0.15) is 0 Å². The Morgan fingerprint density at radius 1 is 0.949 bits per heavy atom. The first-order valence-corrected chi connectivity index (χ1v) is 14.5. The van der Waals surface area contributed by atoms with E-state index in [-0.39, 0.29) is 24.6 Å². The fourth-order valence-corrected chi connectivity index (χ4v) is 6.02. The highest BCUT2D eigenvalue weighted by Crippen LogP contribution is 2.45. The first-order chi connectivity index (χ1) is 18.9. The Labute approximate surface area is 236 Å². The van der Waals surface area contributed by atoms with E-state index in [1.54, 1.807) is 6.07 Å². The average molecular weight is 552 g/mol. The number of hydrogen-bond acceptors (Lipinski definition) is 4. The highest BCUT2D eigenvalue weighted by Gasteiger charge is 2.45. The van der Waals surface area contributed by atoms with E-state index in [0.29, 0.717) is 13.2 Å². The van der Waals surface area contributed by atoms with Gasteiger partial charge >= 0.3 is 0 Å². The van der Waals surface area contributed by atoms with Crippen molar-refractivity contribution in [2.45, 2.75) is 83.3 Å². The Bertz CT molecular complexity index is 1240. The molecule has 0 amide bonds. The Morgan fingerprint density at radius 3 is 2.54 bits per heavy atom. The van der Waals surface area contributed by atoms with E-state index in [4.69, 9.17) is 25.8 Å². The van der Waals surface area contributed by atoms with Crippen molar-refractivity contribution >= 4 is 17.3 Å². The van der Waals surface area contributed by atoms with Gasteiger partial charge in [-0.05, 0) is 79.8 Å². The maximum atomic E-state index is 13.8. The van der Waals surface area contributed by atoms with E-state index >= 15 is 0 Å². The lowest BCUT2D eigenvalue weighted by Gasteiger charge is -2.44. The normalized spacial score (nSPS) is 20.7. The van der Waals surface area contributed by atoms with Gasteiger partial charge in [0.15, 0.2) is 0 Å². The van der Waals surface area contributed by atoms with E-state index in [2.05, 4.69) is 17.4 Å². The van der Waals surface area contributed by atoms with Crippen LogP contribution < -0.4 is 10.1 Å². The van der Waals surface area contributed by atoms with Gasteiger partial charge in [0.05, 0.1) is 6.61 Å². The molecular weight excluding hydrogens is 513 g/mol. The zero-order chi connectivity index (χ0) is 27.2. The van der Waals surface area contributed by atoms with Crippen molar-refractivity contribution in [1.82, 2.24) is 0 Å². The van der Waals surface area contributed by atoms with Crippen LogP contribution in [0.4, 0.5) is 10.1 Å². The molecule has 2 aliphatic rings. The maximum absolute atomic E-state index is 13.8. The molecule has 2 unspecified atom stereocenters. The molecule has 1 fully saturated rings. The first-order valence-electron chi connectivity index (χ1n) is 14.2. The number of anilines is 1. The second-order valence-electron chi connectivity index (χ2n) is 11.4. The maximum Gasteiger partial charge on any atom is 0.132 e. The van der Waals surface area contributed by atoms with Crippen LogP contribution in [0, 0.1) is 11.7 Å². The molecule has 0 radical (unpaired) electrons. The largest absolute Gasteiger partial charge is 0.485 e. The molecule has 5 rings (SSSR count). The molecule has 3 aromatic rings. The summed E-state index contributed by atoms with van der Waals surface area (Å²) < 4.78 is 33.5. The molecule has 0 bridgehead atoms. The Balaban J connectivity index is 1.37. The number of halogens is 2. The minimum atomic E-state index is -0.633. The van der Waals surface area contributed by atoms with Crippen LogP contribution in [0.15, 0.2) is 66.7 Å². The monoisotopic (exact) mass is 551 g/mol. The van der Waals surface area contributed by atoms with Gasteiger partial charge in [0.2, 0.25) is 0 Å². The van der Waals surface area contributed by atoms with Gasteiger partial charge in [0, 0.05) is 29.4 Å². The molecule has 0 aromatic heterocycles. The summed E-state index contributed by atoms with van der Waals surface area (Å²) in [4.78, 5) is 0. The van der Waals surface area contributed by atoms with Crippen LogP contribution in [0.1, 0.15) is 75.2 Å². The molecule has 3 aromatic carbocycles. The van der Waals surface area contributed by atoms with Crippen molar-refractivity contribution < 1.29 is 18.6 Å². The third kappa shape index (κ3) is 7.33. The first kappa shape index (κ1) is 27.9. The van der Waals surface area contributed by atoms with Crippen LogP contribution in [0.25, 0.3) is 0 Å². The molecule has 6 heteroatoms. The number of nitrogens with one attached hydrogen (secondary N) is 1. The Hall–Kier alpha value is -2.60. The van der Waals surface area contributed by atoms with E-state index in [9.17, 15) is 4.39 Å². The molecule has 1 heterocycles. The highest BCUT2D eigenvalue weighted by molar-refractivity contribution is 6.30. The molecule has 208 valence electrons. The zero-order valence-electron chi connectivity index (χ0n) is 22.9. The Kier molecular flexibility index (Phi) is 9.11. The molecule has 1 aliphatic heterocycles. The summed E-state index contributed by atoms with van der Waals surface area (Å²) in [5.74, 6) is 1.27. The Morgan fingerprint density at radius 2 is 1.74 bits per heavy atom. The summed E-state index contributed by atoms with van der Waals surface area (Å²) >= 11 is 6.17. The van der Waals surface area contributed by atoms with Crippen molar-refractivity contribution in [2.24, 2.45) is 5.92 Å². The molecule has 1 aliphatic carbocycles. The quantitative estimate of drug-likeness (QED) is 0.273. The number of hydrogen-bond donors (Lipinski definition) is 1. The molecule has 0 spiro atoms. The molecular formula is C33H39ClFNO3. The molecule has 4 nitrogen and oxygen atoms in total. The lowest BCUT2D eigenvalue weighted by atomic mass is 9.86. The minimum absolute atomic E-state index is 0.267. The van der Waals surface area contributed by atoms with Crippen molar-refractivity contribution in [2.75, 3.05) is 11.9 Å². The number of benzene rings is 3. The molecule has 2 atom stereocenters. The number of fused-ring (bicyclic) bond motifs is 1. The molecule has 39 heavy (non-hydrogen) atoms. The van der Waals surface area contributed by atoms with Gasteiger partial charge in [0.25, 0.3) is 0 Å². The van der Waals surface area contributed by atoms with Gasteiger partial charge < -0.3 is 19.5 Å². The van der Waals surface area contributed by atoms with Crippen LogP contribution >= 0.6 is 11.6 Å². The fraction of sp³-hybridized carbons (Fsp3) is 0.455. The number of rotatable bonds is 10. The van der Waals surface area contributed by atoms with Gasteiger partial charge in [-0.1, -0.05) is 68.0 Å². The van der Waals surface area contributed by atoms with Gasteiger partial charge in [-0.15, -0.1) is 0 Å². The van der Waals surface area contributed by atoms with E-state index in [1.165, 1.54) is 44.2 Å². The average Bonchev–Trinajstić information content (AvgIpc) is 2.92. The van der Waals surface area contributed by atoms with Crippen LogP contribution in [0.2, 0.25) is 5.02 Å².